The van der Waals surface area contributed by atoms with Crippen LogP contribution in [0.15, 0.2) is 61.1 Å². The van der Waals surface area contributed by atoms with Gasteiger partial charge in [0.2, 0.25) is 5.91 Å². The number of nitrogens with zero attached hydrogens (tertiary/aromatic N) is 6. The maximum Gasteiger partial charge on any atom is 0.254 e. The normalized spacial score (nSPS) is 14.0. The lowest BCUT2D eigenvalue weighted by Crippen LogP contribution is -2.37. The topological polar surface area (TPSA) is 94.3 Å². The molecule has 0 radical (unpaired) electrons. The Hall–Kier alpha value is -4.18. The first kappa shape index (κ1) is 24.5. The van der Waals surface area contributed by atoms with E-state index < -0.39 is 0 Å². The summed E-state index contributed by atoms with van der Waals surface area (Å²) in [6, 6.07) is 15.7. The Kier molecular flexibility index (Phi) is 7.46. The van der Waals surface area contributed by atoms with Crippen molar-refractivity contribution in [2.45, 2.75) is 13.0 Å². The molecule has 1 aliphatic rings. The van der Waals surface area contributed by atoms with Gasteiger partial charge in [-0.1, -0.05) is 36.4 Å². The predicted octanol–water partition coefficient (Wildman–Crippen LogP) is 3.06. The molecule has 2 aromatic heterocycles. The summed E-state index contributed by atoms with van der Waals surface area (Å²) in [6.45, 7) is 3.13. The zero-order valence-corrected chi connectivity index (χ0v) is 21.0. The Bertz CT molecular complexity index is 1360. The van der Waals surface area contributed by atoms with Gasteiger partial charge in [-0.05, 0) is 29.7 Å². The van der Waals surface area contributed by atoms with Crippen LogP contribution in [0.25, 0.3) is 16.9 Å². The van der Waals surface area contributed by atoms with Crippen molar-refractivity contribution < 1.29 is 19.0 Å². The van der Waals surface area contributed by atoms with Crippen LogP contribution in [0.5, 0.6) is 11.5 Å². The minimum atomic E-state index is -0.00136. The fourth-order valence-electron chi connectivity index (χ4n) is 4.58. The number of hydrogen-bond donors (Lipinski definition) is 0. The second-order valence-corrected chi connectivity index (χ2v) is 8.74. The van der Waals surface area contributed by atoms with E-state index in [0.717, 1.165) is 35.5 Å². The maximum atomic E-state index is 12.9. The molecule has 0 aliphatic carbocycles. The molecule has 10 heteroatoms. The van der Waals surface area contributed by atoms with E-state index in [9.17, 15) is 4.79 Å². The van der Waals surface area contributed by atoms with Crippen molar-refractivity contribution in [3.63, 3.8) is 0 Å². The van der Waals surface area contributed by atoms with Crippen LogP contribution in [0.2, 0.25) is 0 Å². The lowest BCUT2D eigenvalue weighted by molar-refractivity contribution is -0.136. The lowest BCUT2D eigenvalue weighted by atomic mass is 10.1. The zero-order valence-electron chi connectivity index (χ0n) is 21.0. The van der Waals surface area contributed by atoms with Gasteiger partial charge in [-0.15, -0.1) is 0 Å². The number of rotatable bonds is 8. The number of amides is 1. The second-order valence-electron chi connectivity index (χ2n) is 8.74. The van der Waals surface area contributed by atoms with Crippen LogP contribution in [0, 0.1) is 0 Å². The molecule has 192 valence electrons. The molecule has 0 unspecified atom stereocenters. The van der Waals surface area contributed by atoms with E-state index in [0.29, 0.717) is 43.5 Å². The molecular formula is C27H30N6O4. The molecule has 5 rings (SSSR count). The van der Waals surface area contributed by atoms with Crippen LogP contribution in [0.3, 0.4) is 0 Å². The molecule has 3 heterocycles. The third-order valence-electron chi connectivity index (χ3n) is 6.46. The van der Waals surface area contributed by atoms with Crippen LogP contribution in [-0.2, 0) is 16.1 Å². The molecule has 0 saturated carbocycles. The SMILES string of the molecule is COc1ccc(-c2cnc3ncnn3c2N2CCCN(C(=O)COCc3ccccc3)CC2)cc1OC. The maximum absolute atomic E-state index is 12.9. The highest BCUT2D eigenvalue weighted by Crippen LogP contribution is 2.36. The van der Waals surface area contributed by atoms with Crippen LogP contribution in [-0.4, -0.2) is 77.4 Å². The van der Waals surface area contributed by atoms with Gasteiger partial charge in [-0.3, -0.25) is 4.79 Å². The largest absolute Gasteiger partial charge is 0.493 e. The molecule has 0 bridgehead atoms. The average molecular weight is 503 g/mol. The van der Waals surface area contributed by atoms with Crippen LogP contribution in [0.4, 0.5) is 5.82 Å². The molecule has 0 atom stereocenters. The number of ether oxygens (including phenoxy) is 3. The summed E-state index contributed by atoms with van der Waals surface area (Å²) < 4.78 is 18.4. The molecule has 1 aliphatic heterocycles. The zero-order chi connectivity index (χ0) is 25.6. The van der Waals surface area contributed by atoms with E-state index in [1.165, 1.54) is 6.33 Å². The minimum absolute atomic E-state index is 0.00136. The molecule has 4 aromatic rings. The van der Waals surface area contributed by atoms with Gasteiger partial charge in [0.1, 0.15) is 18.8 Å². The Morgan fingerprint density at radius 1 is 0.946 bits per heavy atom. The van der Waals surface area contributed by atoms with Crippen molar-refractivity contribution in [1.82, 2.24) is 24.5 Å². The molecule has 2 aromatic carbocycles. The highest BCUT2D eigenvalue weighted by molar-refractivity contribution is 5.79. The van der Waals surface area contributed by atoms with Gasteiger partial charge in [0, 0.05) is 37.9 Å². The quantitative estimate of drug-likeness (QED) is 0.363. The summed E-state index contributed by atoms with van der Waals surface area (Å²) >= 11 is 0. The summed E-state index contributed by atoms with van der Waals surface area (Å²) in [6.07, 6.45) is 4.13. The van der Waals surface area contributed by atoms with Gasteiger partial charge < -0.3 is 24.0 Å². The Morgan fingerprint density at radius 3 is 2.59 bits per heavy atom. The molecule has 0 spiro atoms. The third kappa shape index (κ3) is 5.34. The fourth-order valence-corrected chi connectivity index (χ4v) is 4.58. The first-order valence-electron chi connectivity index (χ1n) is 12.2. The molecule has 1 saturated heterocycles. The minimum Gasteiger partial charge on any atom is -0.493 e. The van der Waals surface area contributed by atoms with Crippen molar-refractivity contribution in [3.8, 4) is 22.6 Å². The van der Waals surface area contributed by atoms with E-state index in [2.05, 4.69) is 20.0 Å². The van der Waals surface area contributed by atoms with Crippen molar-refractivity contribution in [1.29, 1.82) is 0 Å². The number of fused-ring (bicyclic) bond motifs is 1. The first-order valence-corrected chi connectivity index (χ1v) is 12.2. The van der Waals surface area contributed by atoms with Crippen LogP contribution < -0.4 is 14.4 Å². The number of methoxy groups -OCH3 is 2. The van der Waals surface area contributed by atoms with Crippen molar-refractivity contribution >= 4 is 17.5 Å². The molecular weight excluding hydrogens is 472 g/mol. The van der Waals surface area contributed by atoms with E-state index in [-0.39, 0.29) is 12.5 Å². The monoisotopic (exact) mass is 502 g/mol. The number of carbonyl (C=O) groups is 1. The summed E-state index contributed by atoms with van der Waals surface area (Å²) in [5, 5.41) is 4.46. The average Bonchev–Trinajstić information content (AvgIpc) is 3.29. The predicted molar refractivity (Wildman–Crippen MR) is 139 cm³/mol. The third-order valence-corrected chi connectivity index (χ3v) is 6.46. The molecule has 1 fully saturated rings. The Morgan fingerprint density at radius 2 is 1.78 bits per heavy atom. The number of carbonyl (C=O) groups excluding carboxylic acids is 1. The Labute approximate surface area is 215 Å². The van der Waals surface area contributed by atoms with Crippen molar-refractivity contribution in [2.75, 3.05) is 51.9 Å². The van der Waals surface area contributed by atoms with E-state index in [1.807, 2.05) is 59.6 Å². The smallest absolute Gasteiger partial charge is 0.254 e. The summed E-state index contributed by atoms with van der Waals surface area (Å²) in [4.78, 5) is 25.8. The standard InChI is InChI=1S/C27H30N6O4/c1-35-23-10-9-21(15-24(23)36-2)22-16-28-27-29-19-30-33(27)26(22)32-12-6-11-31(13-14-32)25(34)18-37-17-20-7-4-3-5-8-20/h3-5,7-10,15-16,19H,6,11-14,17-18H2,1-2H3. The van der Waals surface area contributed by atoms with Gasteiger partial charge >= 0.3 is 0 Å². The van der Waals surface area contributed by atoms with E-state index >= 15 is 0 Å². The van der Waals surface area contributed by atoms with Crippen LogP contribution >= 0.6 is 0 Å². The van der Waals surface area contributed by atoms with E-state index in [4.69, 9.17) is 14.2 Å². The van der Waals surface area contributed by atoms with Gasteiger partial charge in [-0.2, -0.15) is 14.6 Å². The number of hydrogen-bond acceptors (Lipinski definition) is 8. The second kappa shape index (κ2) is 11.3. The Balaban J connectivity index is 1.35. The number of aromatic nitrogens is 4. The molecule has 10 nitrogen and oxygen atoms in total. The first-order chi connectivity index (χ1) is 18.2. The summed E-state index contributed by atoms with van der Waals surface area (Å²) in [5.74, 6) is 2.68. The van der Waals surface area contributed by atoms with Gasteiger partial charge in [0.15, 0.2) is 11.5 Å². The summed E-state index contributed by atoms with van der Waals surface area (Å²) in [7, 11) is 3.23. The fraction of sp³-hybridized carbons (Fsp3) is 0.333. The van der Waals surface area contributed by atoms with Gasteiger partial charge in [0.25, 0.3) is 5.78 Å². The number of benzene rings is 2. The van der Waals surface area contributed by atoms with Crippen molar-refractivity contribution in [2.24, 2.45) is 0 Å². The molecule has 37 heavy (non-hydrogen) atoms. The van der Waals surface area contributed by atoms with Gasteiger partial charge in [0.05, 0.1) is 20.8 Å². The molecule has 0 N–H and O–H groups in total. The van der Waals surface area contributed by atoms with E-state index in [1.54, 1.807) is 18.7 Å². The summed E-state index contributed by atoms with van der Waals surface area (Å²) in [5.41, 5.74) is 2.86. The lowest BCUT2D eigenvalue weighted by Gasteiger charge is -2.26. The molecule has 1 amide bonds. The van der Waals surface area contributed by atoms with Crippen LogP contribution in [0.1, 0.15) is 12.0 Å². The highest BCUT2D eigenvalue weighted by atomic mass is 16.5. The van der Waals surface area contributed by atoms with Crippen molar-refractivity contribution in [3.05, 3.63) is 66.6 Å². The highest BCUT2D eigenvalue weighted by Gasteiger charge is 2.24. The van der Waals surface area contributed by atoms with Gasteiger partial charge in [-0.25, -0.2) is 4.98 Å². The number of anilines is 1.